The van der Waals surface area contributed by atoms with Crippen LogP contribution in [-0.2, 0) is 15.7 Å². The summed E-state index contributed by atoms with van der Waals surface area (Å²) >= 11 is 0. The van der Waals surface area contributed by atoms with E-state index in [2.05, 4.69) is 0 Å². The quantitative estimate of drug-likeness (QED) is 0.899. The second-order valence-electron chi connectivity index (χ2n) is 6.47. The summed E-state index contributed by atoms with van der Waals surface area (Å²) < 4.78 is 44.2. The zero-order valence-corrected chi connectivity index (χ0v) is 13.3. The number of nitrogens with zero attached hydrogens (tertiary/aromatic N) is 1. The van der Waals surface area contributed by atoms with E-state index in [0.717, 1.165) is 31.4 Å². The molecular weight excluding hydrogens is 321 g/mol. The Labute approximate surface area is 138 Å². The molecule has 2 aliphatic rings. The van der Waals surface area contributed by atoms with Gasteiger partial charge in [-0.3, -0.25) is 4.79 Å². The second kappa shape index (κ2) is 6.72. The molecule has 0 radical (unpaired) electrons. The average molecular weight is 342 g/mol. The number of nitrogens with two attached hydrogens (primary N) is 1. The zero-order valence-electron chi connectivity index (χ0n) is 13.3. The Bertz CT molecular complexity index is 606. The number of hydrogen-bond acceptors (Lipinski definition) is 3. The Hall–Kier alpha value is -1.60. The molecule has 4 nitrogen and oxygen atoms in total. The van der Waals surface area contributed by atoms with Gasteiger partial charge < -0.3 is 15.4 Å². The average Bonchev–Trinajstić information content (AvgIpc) is 3.00. The van der Waals surface area contributed by atoms with Gasteiger partial charge in [-0.2, -0.15) is 13.2 Å². The van der Waals surface area contributed by atoms with Gasteiger partial charge >= 0.3 is 6.18 Å². The molecule has 0 unspecified atom stereocenters. The molecule has 3 rings (SSSR count). The summed E-state index contributed by atoms with van der Waals surface area (Å²) in [5.74, 6) is -0.175. The molecule has 0 bridgehead atoms. The number of halogens is 3. The normalized spacial score (nSPS) is 28.2. The summed E-state index contributed by atoms with van der Waals surface area (Å²) in [6.07, 6.45) is -2.36. The van der Waals surface area contributed by atoms with Crippen LogP contribution in [0.2, 0.25) is 0 Å². The lowest BCUT2D eigenvalue weighted by Gasteiger charge is -2.35. The number of carbonyl (C=O) groups is 1. The highest BCUT2D eigenvalue weighted by molar-refractivity contribution is 5.80. The largest absolute Gasteiger partial charge is 0.416 e. The van der Waals surface area contributed by atoms with E-state index in [9.17, 15) is 18.0 Å². The molecule has 2 N–H and O–H groups in total. The lowest BCUT2D eigenvalue weighted by Crippen LogP contribution is -2.47. The van der Waals surface area contributed by atoms with Gasteiger partial charge in [0.1, 0.15) is 6.10 Å². The molecule has 1 aliphatic heterocycles. The minimum Gasteiger partial charge on any atom is -0.370 e. The van der Waals surface area contributed by atoms with Gasteiger partial charge in [-0.1, -0.05) is 18.6 Å². The van der Waals surface area contributed by atoms with Gasteiger partial charge in [0.05, 0.1) is 24.6 Å². The second-order valence-corrected chi connectivity index (χ2v) is 6.47. The molecule has 0 aromatic heterocycles. The van der Waals surface area contributed by atoms with Gasteiger partial charge in [0.25, 0.3) is 0 Å². The Morgan fingerprint density at radius 3 is 2.75 bits per heavy atom. The lowest BCUT2D eigenvalue weighted by atomic mass is 10.0. The molecule has 1 aromatic rings. The van der Waals surface area contributed by atoms with Crippen LogP contribution in [0.3, 0.4) is 0 Å². The third-order valence-corrected chi connectivity index (χ3v) is 4.85. The highest BCUT2D eigenvalue weighted by Crippen LogP contribution is 2.33. The molecule has 7 heteroatoms. The van der Waals surface area contributed by atoms with Crippen molar-refractivity contribution in [1.82, 2.24) is 4.90 Å². The Morgan fingerprint density at radius 2 is 2.08 bits per heavy atom. The molecule has 1 saturated carbocycles. The number of morpholine rings is 1. The van der Waals surface area contributed by atoms with Gasteiger partial charge in [0, 0.05) is 12.6 Å². The van der Waals surface area contributed by atoms with Crippen LogP contribution < -0.4 is 5.73 Å². The van der Waals surface area contributed by atoms with Crippen LogP contribution >= 0.6 is 0 Å². The molecular formula is C17H21F3N2O2. The maximum Gasteiger partial charge on any atom is 0.416 e. The van der Waals surface area contributed by atoms with Crippen LogP contribution in [0.25, 0.3) is 0 Å². The zero-order chi connectivity index (χ0) is 17.3. The number of ether oxygens (including phenoxy) is 1. The van der Waals surface area contributed by atoms with Crippen molar-refractivity contribution in [2.75, 3.05) is 19.7 Å². The highest BCUT2D eigenvalue weighted by atomic mass is 19.4. The van der Waals surface area contributed by atoms with Crippen molar-refractivity contribution in [2.24, 2.45) is 11.7 Å². The van der Waals surface area contributed by atoms with Crippen molar-refractivity contribution in [3.63, 3.8) is 0 Å². The van der Waals surface area contributed by atoms with E-state index < -0.39 is 17.8 Å². The topological polar surface area (TPSA) is 55.6 Å². The standard InChI is InChI=1S/C17H21F3N2O2/c18-17(19,20)12-4-1-3-11(9-12)15-10-22(7-8-24-15)16(23)13-5-2-6-14(13)21/h1,3-4,9,13-15H,2,5-8,10,21H2/t13-,14-,15-/m1/s1. The third-order valence-electron chi connectivity index (χ3n) is 4.85. The molecule has 1 aromatic carbocycles. The SMILES string of the molecule is N[C@@H]1CCC[C@H]1C(=O)N1CCO[C@@H](c2cccc(C(F)(F)F)c2)C1. The van der Waals surface area contributed by atoms with Gasteiger partial charge in [0.2, 0.25) is 5.91 Å². The highest BCUT2D eigenvalue weighted by Gasteiger charge is 2.36. The minimum absolute atomic E-state index is 0.000256. The summed E-state index contributed by atoms with van der Waals surface area (Å²) in [5, 5.41) is 0. The summed E-state index contributed by atoms with van der Waals surface area (Å²) in [4.78, 5) is 14.3. The molecule has 2 fully saturated rings. The molecule has 24 heavy (non-hydrogen) atoms. The number of benzene rings is 1. The van der Waals surface area contributed by atoms with Crippen molar-refractivity contribution in [2.45, 2.75) is 37.6 Å². The van der Waals surface area contributed by atoms with Gasteiger partial charge in [-0.15, -0.1) is 0 Å². The van der Waals surface area contributed by atoms with Gasteiger partial charge in [-0.05, 0) is 30.5 Å². The maximum absolute atomic E-state index is 12.9. The van der Waals surface area contributed by atoms with Crippen LogP contribution in [0.15, 0.2) is 24.3 Å². The van der Waals surface area contributed by atoms with Crippen molar-refractivity contribution in [3.05, 3.63) is 35.4 Å². The van der Waals surface area contributed by atoms with E-state index in [4.69, 9.17) is 10.5 Å². The van der Waals surface area contributed by atoms with E-state index >= 15 is 0 Å². The molecule has 1 amide bonds. The Kier molecular flexibility index (Phi) is 4.83. The van der Waals surface area contributed by atoms with Crippen LogP contribution in [0.1, 0.15) is 36.5 Å². The van der Waals surface area contributed by atoms with Crippen LogP contribution in [0.4, 0.5) is 13.2 Å². The monoisotopic (exact) mass is 342 g/mol. The predicted molar refractivity (Wildman–Crippen MR) is 82.0 cm³/mol. The van der Waals surface area contributed by atoms with Gasteiger partial charge in [0.15, 0.2) is 0 Å². The molecule has 132 valence electrons. The van der Waals surface area contributed by atoms with E-state index in [0.29, 0.717) is 18.7 Å². The number of rotatable bonds is 2. The molecule has 1 aliphatic carbocycles. The Morgan fingerprint density at radius 1 is 1.29 bits per heavy atom. The summed E-state index contributed by atoms with van der Waals surface area (Å²) in [5.41, 5.74) is 5.74. The first-order valence-corrected chi connectivity index (χ1v) is 8.19. The van der Waals surface area contributed by atoms with E-state index in [1.807, 2.05) is 0 Å². The molecule has 1 heterocycles. The first kappa shape index (κ1) is 17.2. The number of hydrogen-bond donors (Lipinski definition) is 1. The number of amides is 1. The fraction of sp³-hybridized carbons (Fsp3) is 0.588. The van der Waals surface area contributed by atoms with E-state index in [1.165, 1.54) is 6.07 Å². The van der Waals surface area contributed by atoms with Gasteiger partial charge in [-0.25, -0.2) is 0 Å². The smallest absolute Gasteiger partial charge is 0.370 e. The van der Waals surface area contributed by atoms with E-state index in [1.54, 1.807) is 11.0 Å². The van der Waals surface area contributed by atoms with Crippen molar-refractivity contribution in [1.29, 1.82) is 0 Å². The van der Waals surface area contributed by atoms with E-state index in [-0.39, 0.29) is 24.4 Å². The fourth-order valence-corrected chi connectivity index (χ4v) is 3.50. The van der Waals surface area contributed by atoms with Crippen LogP contribution in [0.5, 0.6) is 0 Å². The lowest BCUT2D eigenvalue weighted by molar-refractivity contribution is -0.144. The fourth-order valence-electron chi connectivity index (χ4n) is 3.50. The maximum atomic E-state index is 12.9. The third kappa shape index (κ3) is 3.57. The van der Waals surface area contributed by atoms with Crippen molar-refractivity contribution >= 4 is 5.91 Å². The number of alkyl halides is 3. The number of carbonyl (C=O) groups excluding carboxylic acids is 1. The molecule has 3 atom stereocenters. The summed E-state index contributed by atoms with van der Waals surface area (Å²) in [6.45, 7) is 1.04. The predicted octanol–water partition coefficient (Wildman–Crippen LogP) is 2.73. The summed E-state index contributed by atoms with van der Waals surface area (Å²) in [7, 11) is 0. The molecule has 1 saturated heterocycles. The van der Waals surface area contributed by atoms with Crippen LogP contribution in [-0.4, -0.2) is 36.5 Å². The van der Waals surface area contributed by atoms with Crippen LogP contribution in [0, 0.1) is 5.92 Å². The molecule has 0 spiro atoms. The Balaban J connectivity index is 1.73. The summed E-state index contributed by atoms with van der Waals surface area (Å²) in [6, 6.07) is 4.99. The van der Waals surface area contributed by atoms with Crippen molar-refractivity contribution in [3.8, 4) is 0 Å². The first-order chi connectivity index (χ1) is 11.4. The minimum atomic E-state index is -4.39. The first-order valence-electron chi connectivity index (χ1n) is 8.19. The van der Waals surface area contributed by atoms with Crippen molar-refractivity contribution < 1.29 is 22.7 Å².